The number of nitrogens with two attached hydrogens (primary N) is 1. The minimum Gasteiger partial charge on any atom is -0.374 e. The van der Waals surface area contributed by atoms with E-state index < -0.39 is 0 Å². The first kappa shape index (κ1) is 8.12. The highest BCUT2D eigenvalue weighted by molar-refractivity contribution is 7.18. The van der Waals surface area contributed by atoms with Crippen LogP contribution in [-0.2, 0) is 0 Å². The number of rotatable bonds is 1. The van der Waals surface area contributed by atoms with Crippen LogP contribution in [0.15, 0.2) is 18.5 Å². The predicted molar refractivity (Wildman–Crippen MR) is 52.3 cm³/mol. The Morgan fingerprint density at radius 2 is 2.23 bits per heavy atom. The molecule has 0 amide bonds. The Kier molecular flexibility index (Phi) is 1.94. The fourth-order valence-corrected chi connectivity index (χ4v) is 1.76. The van der Waals surface area contributed by atoms with Gasteiger partial charge in [0.05, 0.1) is 0 Å². The van der Waals surface area contributed by atoms with Crippen LogP contribution in [0, 0.1) is 6.92 Å². The van der Waals surface area contributed by atoms with Gasteiger partial charge in [-0.2, -0.15) is 0 Å². The van der Waals surface area contributed by atoms with Crippen LogP contribution in [0.3, 0.4) is 0 Å². The maximum Gasteiger partial charge on any atom is 0.203 e. The van der Waals surface area contributed by atoms with E-state index >= 15 is 0 Å². The molecule has 0 spiro atoms. The molecule has 0 bridgehead atoms. The van der Waals surface area contributed by atoms with Crippen molar-refractivity contribution in [3.63, 3.8) is 0 Å². The highest BCUT2D eigenvalue weighted by Crippen LogP contribution is 2.26. The van der Waals surface area contributed by atoms with Crippen molar-refractivity contribution >= 4 is 16.5 Å². The number of anilines is 1. The van der Waals surface area contributed by atoms with E-state index in [1.165, 1.54) is 11.3 Å². The summed E-state index contributed by atoms with van der Waals surface area (Å²) in [6.07, 6.45) is 3.53. The Morgan fingerprint density at radius 3 is 2.85 bits per heavy atom. The zero-order chi connectivity index (χ0) is 9.26. The number of hydrogen-bond acceptors (Lipinski definition) is 5. The molecule has 66 valence electrons. The van der Waals surface area contributed by atoms with Gasteiger partial charge in [0.1, 0.15) is 5.01 Å². The number of nitrogen functional groups attached to an aromatic ring is 1. The summed E-state index contributed by atoms with van der Waals surface area (Å²) in [6.45, 7) is 1.99. The normalized spacial score (nSPS) is 10.2. The first-order chi connectivity index (χ1) is 6.27. The molecular formula is C8H8N4S. The lowest BCUT2D eigenvalue weighted by Crippen LogP contribution is -1.83. The predicted octanol–water partition coefficient (Wildman–Crippen LogP) is 1.49. The Bertz CT molecular complexity index is 424. The maximum absolute atomic E-state index is 5.50. The average molecular weight is 192 g/mol. The van der Waals surface area contributed by atoms with Crippen molar-refractivity contribution in [1.29, 1.82) is 0 Å². The smallest absolute Gasteiger partial charge is 0.203 e. The van der Waals surface area contributed by atoms with Crippen molar-refractivity contribution in [3.05, 3.63) is 24.0 Å². The van der Waals surface area contributed by atoms with Crippen LogP contribution in [0.4, 0.5) is 5.13 Å². The topological polar surface area (TPSA) is 64.7 Å². The maximum atomic E-state index is 5.50. The molecule has 0 saturated heterocycles. The highest BCUT2D eigenvalue weighted by atomic mass is 32.1. The molecule has 2 heterocycles. The van der Waals surface area contributed by atoms with Crippen molar-refractivity contribution in [2.24, 2.45) is 0 Å². The molecule has 0 saturated carbocycles. The minimum absolute atomic E-state index is 0.492. The number of pyridine rings is 1. The van der Waals surface area contributed by atoms with Gasteiger partial charge in [0, 0.05) is 18.0 Å². The van der Waals surface area contributed by atoms with Gasteiger partial charge in [-0.3, -0.25) is 4.98 Å². The molecule has 2 N–H and O–H groups in total. The van der Waals surface area contributed by atoms with Crippen molar-refractivity contribution in [2.45, 2.75) is 6.92 Å². The minimum atomic E-state index is 0.492. The van der Waals surface area contributed by atoms with Crippen LogP contribution in [-0.4, -0.2) is 15.2 Å². The molecule has 0 aromatic carbocycles. The molecule has 0 aliphatic rings. The molecule has 13 heavy (non-hydrogen) atoms. The molecule has 5 heteroatoms. The van der Waals surface area contributed by atoms with Crippen LogP contribution in [0.2, 0.25) is 0 Å². The van der Waals surface area contributed by atoms with Crippen molar-refractivity contribution < 1.29 is 0 Å². The van der Waals surface area contributed by atoms with Gasteiger partial charge in [-0.1, -0.05) is 11.3 Å². The van der Waals surface area contributed by atoms with Crippen molar-refractivity contribution in [3.8, 4) is 10.6 Å². The average Bonchev–Trinajstić information content (AvgIpc) is 2.53. The summed E-state index contributed by atoms with van der Waals surface area (Å²) < 4.78 is 0. The molecular weight excluding hydrogens is 184 g/mol. The van der Waals surface area contributed by atoms with Gasteiger partial charge in [-0.05, 0) is 18.6 Å². The van der Waals surface area contributed by atoms with Crippen LogP contribution in [0.5, 0.6) is 0 Å². The summed E-state index contributed by atoms with van der Waals surface area (Å²) in [5, 5.41) is 9.06. The number of hydrogen-bond donors (Lipinski definition) is 1. The largest absolute Gasteiger partial charge is 0.374 e. The molecule has 0 unspecified atom stereocenters. The summed E-state index contributed by atoms with van der Waals surface area (Å²) in [6, 6.07) is 1.91. The lowest BCUT2D eigenvalue weighted by molar-refractivity contribution is 1.10. The molecule has 0 radical (unpaired) electrons. The molecule has 0 fully saturated rings. The Balaban J connectivity index is 2.52. The van der Waals surface area contributed by atoms with Crippen LogP contribution < -0.4 is 5.73 Å². The van der Waals surface area contributed by atoms with Gasteiger partial charge in [0.15, 0.2) is 0 Å². The van der Waals surface area contributed by atoms with E-state index in [1.54, 1.807) is 12.4 Å². The molecule has 0 atom stereocenters. The zero-order valence-corrected chi connectivity index (χ0v) is 7.88. The lowest BCUT2D eigenvalue weighted by Gasteiger charge is -1.97. The second-order valence-corrected chi connectivity index (χ2v) is 3.65. The molecule has 2 aromatic heterocycles. The zero-order valence-electron chi connectivity index (χ0n) is 7.06. The quantitative estimate of drug-likeness (QED) is 0.743. The van der Waals surface area contributed by atoms with Crippen molar-refractivity contribution in [2.75, 3.05) is 5.73 Å². The SMILES string of the molecule is Cc1cnccc1-c1nnc(N)s1. The van der Waals surface area contributed by atoms with E-state index in [9.17, 15) is 0 Å². The molecule has 0 aliphatic heterocycles. The first-order valence-corrected chi connectivity index (χ1v) is 4.59. The van der Waals surface area contributed by atoms with Gasteiger partial charge in [-0.15, -0.1) is 10.2 Å². The fraction of sp³-hybridized carbons (Fsp3) is 0.125. The molecule has 0 aliphatic carbocycles. The Labute approximate surface area is 79.5 Å². The first-order valence-electron chi connectivity index (χ1n) is 3.77. The Morgan fingerprint density at radius 1 is 1.38 bits per heavy atom. The van der Waals surface area contributed by atoms with Gasteiger partial charge >= 0.3 is 0 Å². The van der Waals surface area contributed by atoms with E-state index in [1.807, 2.05) is 13.0 Å². The van der Waals surface area contributed by atoms with Crippen LogP contribution in [0.1, 0.15) is 5.56 Å². The second-order valence-electron chi connectivity index (χ2n) is 2.64. The standard InChI is InChI=1S/C8H8N4S/c1-5-4-10-3-2-6(5)7-11-12-8(9)13-7/h2-4H,1H3,(H2,9,12). The summed E-state index contributed by atoms with van der Waals surface area (Å²) in [4.78, 5) is 4.00. The number of aromatic nitrogens is 3. The summed E-state index contributed by atoms with van der Waals surface area (Å²) in [7, 11) is 0. The van der Waals surface area contributed by atoms with Crippen LogP contribution in [0.25, 0.3) is 10.6 Å². The summed E-state index contributed by atoms with van der Waals surface area (Å²) in [5.74, 6) is 0. The van der Waals surface area contributed by atoms with Gasteiger partial charge in [0.25, 0.3) is 0 Å². The van der Waals surface area contributed by atoms with Crippen molar-refractivity contribution in [1.82, 2.24) is 15.2 Å². The third kappa shape index (κ3) is 1.50. The van der Waals surface area contributed by atoms with E-state index in [2.05, 4.69) is 15.2 Å². The number of aryl methyl sites for hydroxylation is 1. The van der Waals surface area contributed by atoms with E-state index in [0.29, 0.717) is 5.13 Å². The van der Waals surface area contributed by atoms with Gasteiger partial charge in [-0.25, -0.2) is 0 Å². The monoisotopic (exact) mass is 192 g/mol. The third-order valence-electron chi connectivity index (χ3n) is 1.69. The molecule has 4 nitrogen and oxygen atoms in total. The summed E-state index contributed by atoms with van der Waals surface area (Å²) in [5.41, 5.74) is 7.62. The second kappa shape index (κ2) is 3.10. The fourth-order valence-electron chi connectivity index (χ4n) is 1.06. The van der Waals surface area contributed by atoms with E-state index in [-0.39, 0.29) is 0 Å². The summed E-state index contributed by atoms with van der Waals surface area (Å²) >= 11 is 1.38. The lowest BCUT2D eigenvalue weighted by atomic mass is 10.2. The van der Waals surface area contributed by atoms with Gasteiger partial charge in [0.2, 0.25) is 5.13 Å². The third-order valence-corrected chi connectivity index (χ3v) is 2.48. The highest BCUT2D eigenvalue weighted by Gasteiger charge is 2.06. The van der Waals surface area contributed by atoms with Crippen LogP contribution >= 0.6 is 11.3 Å². The number of nitrogens with zero attached hydrogens (tertiary/aromatic N) is 3. The van der Waals surface area contributed by atoms with E-state index in [4.69, 9.17) is 5.73 Å². The Hall–Kier alpha value is -1.49. The van der Waals surface area contributed by atoms with Gasteiger partial charge < -0.3 is 5.73 Å². The van der Waals surface area contributed by atoms with E-state index in [0.717, 1.165) is 16.1 Å². The molecule has 2 aromatic rings. The molecule has 2 rings (SSSR count).